The van der Waals surface area contributed by atoms with Crippen LogP contribution in [0.4, 0.5) is 5.82 Å². The van der Waals surface area contributed by atoms with Gasteiger partial charge in [0.15, 0.2) is 0 Å². The number of carbonyl (C=O) groups excluding carboxylic acids is 1. The third-order valence-electron chi connectivity index (χ3n) is 4.11. The Morgan fingerprint density at radius 2 is 1.86 bits per heavy atom. The third kappa shape index (κ3) is 3.73. The average Bonchev–Trinajstić information content (AvgIpc) is 2.58. The number of anilines is 1. The summed E-state index contributed by atoms with van der Waals surface area (Å²) in [5.74, 6) is 0.810. The number of carbonyl (C=O) groups is 1. The van der Waals surface area contributed by atoms with Gasteiger partial charge in [0.25, 0.3) is 5.91 Å². The van der Waals surface area contributed by atoms with Crippen LogP contribution < -0.4 is 10.3 Å². The second-order valence-corrected chi connectivity index (χ2v) is 5.74. The second-order valence-electron chi connectivity index (χ2n) is 5.74. The highest BCUT2D eigenvalue weighted by Gasteiger charge is 2.17. The van der Waals surface area contributed by atoms with Gasteiger partial charge in [-0.1, -0.05) is 0 Å². The maximum atomic E-state index is 12.2. The Labute approximate surface area is 130 Å². The average molecular weight is 305 g/mol. The van der Waals surface area contributed by atoms with Crippen LogP contribution in [-0.2, 0) is 4.74 Å². The van der Waals surface area contributed by atoms with Crippen molar-refractivity contribution < 1.29 is 9.53 Å². The lowest BCUT2D eigenvalue weighted by Crippen LogP contribution is -2.52. The largest absolute Gasteiger partial charge is 0.378 e. The number of ether oxygens (including phenoxy) is 1. The molecule has 1 amide bonds. The van der Waals surface area contributed by atoms with Crippen LogP contribution in [0.1, 0.15) is 10.4 Å². The van der Waals surface area contributed by atoms with E-state index in [1.165, 1.54) is 0 Å². The van der Waals surface area contributed by atoms with Crippen molar-refractivity contribution in [3.8, 4) is 0 Å². The molecule has 2 saturated heterocycles. The first-order chi connectivity index (χ1) is 10.7. The summed E-state index contributed by atoms with van der Waals surface area (Å²) in [4.78, 5) is 21.1. The minimum absolute atomic E-state index is 0.0921. The lowest BCUT2D eigenvalue weighted by atomic mass is 10.2. The Bertz CT molecular complexity index is 493. The Morgan fingerprint density at radius 3 is 2.50 bits per heavy atom. The van der Waals surface area contributed by atoms with Gasteiger partial charge in [0.1, 0.15) is 5.82 Å². The molecular weight excluding hydrogens is 282 g/mol. The Balaban J connectivity index is 1.56. The number of hydrogen-bond acceptors (Lipinski definition) is 6. The molecule has 0 saturated carbocycles. The van der Waals surface area contributed by atoms with Crippen molar-refractivity contribution in [2.45, 2.75) is 0 Å². The maximum Gasteiger partial charge on any atom is 0.267 e. The predicted molar refractivity (Wildman–Crippen MR) is 83.8 cm³/mol. The number of morpholine rings is 1. The smallest absolute Gasteiger partial charge is 0.267 e. The molecule has 1 N–H and O–H groups in total. The topological polar surface area (TPSA) is 60.9 Å². The number of hydrogen-bond donors (Lipinski definition) is 1. The van der Waals surface area contributed by atoms with Gasteiger partial charge in [-0.25, -0.2) is 9.99 Å². The van der Waals surface area contributed by atoms with Crippen molar-refractivity contribution in [3.05, 3.63) is 23.9 Å². The normalized spacial score (nSPS) is 20.9. The summed E-state index contributed by atoms with van der Waals surface area (Å²) in [6, 6.07) is 3.74. The van der Waals surface area contributed by atoms with Crippen molar-refractivity contribution >= 4 is 11.7 Å². The molecule has 1 aromatic rings. The first kappa shape index (κ1) is 15.2. The van der Waals surface area contributed by atoms with Crippen LogP contribution in [0, 0.1) is 0 Å². The van der Waals surface area contributed by atoms with Gasteiger partial charge in [0.05, 0.1) is 18.8 Å². The number of rotatable bonds is 3. The molecule has 0 aromatic carbocycles. The molecule has 1 aromatic heterocycles. The molecule has 2 aliphatic heterocycles. The van der Waals surface area contributed by atoms with E-state index in [4.69, 9.17) is 4.74 Å². The molecule has 0 radical (unpaired) electrons. The van der Waals surface area contributed by atoms with E-state index in [0.29, 0.717) is 5.56 Å². The van der Waals surface area contributed by atoms with Crippen LogP contribution in [0.25, 0.3) is 0 Å². The fourth-order valence-electron chi connectivity index (χ4n) is 2.63. The highest BCUT2D eigenvalue weighted by molar-refractivity contribution is 5.93. The summed E-state index contributed by atoms with van der Waals surface area (Å²) in [5.41, 5.74) is 3.54. The van der Waals surface area contributed by atoms with Crippen molar-refractivity contribution in [1.82, 2.24) is 20.3 Å². The van der Waals surface area contributed by atoms with Gasteiger partial charge in [-0.15, -0.1) is 0 Å². The second kappa shape index (κ2) is 7.04. The number of hydrazine groups is 1. The number of pyridine rings is 1. The molecule has 0 unspecified atom stereocenters. The lowest BCUT2D eigenvalue weighted by Gasteiger charge is -2.32. The third-order valence-corrected chi connectivity index (χ3v) is 4.11. The Morgan fingerprint density at radius 1 is 1.14 bits per heavy atom. The van der Waals surface area contributed by atoms with E-state index in [1.807, 2.05) is 17.1 Å². The molecule has 7 nitrogen and oxygen atoms in total. The van der Waals surface area contributed by atoms with E-state index < -0.39 is 0 Å². The van der Waals surface area contributed by atoms with Gasteiger partial charge in [0.2, 0.25) is 0 Å². The van der Waals surface area contributed by atoms with Crippen LogP contribution in [0.3, 0.4) is 0 Å². The first-order valence-electron chi connectivity index (χ1n) is 7.75. The summed E-state index contributed by atoms with van der Waals surface area (Å²) < 4.78 is 5.33. The van der Waals surface area contributed by atoms with Gasteiger partial charge in [-0.05, 0) is 19.2 Å². The molecule has 0 bridgehead atoms. The van der Waals surface area contributed by atoms with Crippen LogP contribution in [0.2, 0.25) is 0 Å². The molecular formula is C15H23N5O2. The minimum Gasteiger partial charge on any atom is -0.378 e. The summed E-state index contributed by atoms with van der Waals surface area (Å²) in [6.07, 6.45) is 1.65. The Hall–Kier alpha value is -1.70. The Kier molecular flexibility index (Phi) is 4.87. The molecule has 0 atom stereocenters. The van der Waals surface area contributed by atoms with Crippen molar-refractivity contribution in [3.63, 3.8) is 0 Å². The minimum atomic E-state index is -0.0921. The number of likely N-dealkylation sites (N-methyl/N-ethyl adjacent to an activating group) is 1. The molecule has 7 heteroatoms. The highest BCUT2D eigenvalue weighted by atomic mass is 16.5. The lowest BCUT2D eigenvalue weighted by molar-refractivity contribution is 0.0662. The van der Waals surface area contributed by atoms with Crippen molar-refractivity contribution in [1.29, 1.82) is 0 Å². The molecule has 3 rings (SSSR count). The van der Waals surface area contributed by atoms with Gasteiger partial charge in [-0.2, -0.15) is 0 Å². The summed E-state index contributed by atoms with van der Waals surface area (Å²) in [6.45, 7) is 6.78. The van der Waals surface area contributed by atoms with E-state index in [0.717, 1.165) is 58.3 Å². The zero-order valence-corrected chi connectivity index (χ0v) is 13.0. The molecule has 120 valence electrons. The molecule has 2 fully saturated rings. The van der Waals surface area contributed by atoms with Gasteiger partial charge < -0.3 is 14.5 Å². The van der Waals surface area contributed by atoms with E-state index >= 15 is 0 Å². The number of aromatic nitrogens is 1. The van der Waals surface area contributed by atoms with E-state index in [1.54, 1.807) is 6.20 Å². The van der Waals surface area contributed by atoms with Crippen LogP contribution >= 0.6 is 0 Å². The number of piperazine rings is 1. The van der Waals surface area contributed by atoms with Crippen molar-refractivity contribution in [2.24, 2.45) is 0 Å². The molecule has 0 spiro atoms. The molecule has 0 aliphatic carbocycles. The fourth-order valence-corrected chi connectivity index (χ4v) is 2.63. The SMILES string of the molecule is CN1CCN(NC(=O)c2ccc(N3CCOCC3)nc2)CC1. The number of nitrogens with zero attached hydrogens (tertiary/aromatic N) is 4. The van der Waals surface area contributed by atoms with Crippen LogP contribution in [0.15, 0.2) is 18.3 Å². The van der Waals surface area contributed by atoms with E-state index in [9.17, 15) is 4.79 Å². The monoisotopic (exact) mass is 305 g/mol. The van der Waals surface area contributed by atoms with Gasteiger partial charge >= 0.3 is 0 Å². The van der Waals surface area contributed by atoms with Gasteiger partial charge in [0, 0.05) is 45.5 Å². The number of amides is 1. The maximum absolute atomic E-state index is 12.2. The van der Waals surface area contributed by atoms with Crippen molar-refractivity contribution in [2.75, 3.05) is 64.4 Å². The fraction of sp³-hybridized carbons (Fsp3) is 0.600. The molecule has 3 heterocycles. The van der Waals surface area contributed by atoms with E-state index in [-0.39, 0.29) is 5.91 Å². The van der Waals surface area contributed by atoms with Gasteiger partial charge in [-0.3, -0.25) is 10.2 Å². The quantitative estimate of drug-likeness (QED) is 0.835. The molecule has 22 heavy (non-hydrogen) atoms. The standard InChI is InChI=1S/C15H23N5O2/c1-18-4-6-20(7-5-18)17-15(21)13-2-3-14(16-12-13)19-8-10-22-11-9-19/h2-3,12H,4-11H2,1H3,(H,17,21). The summed E-state index contributed by atoms with van der Waals surface area (Å²) in [7, 11) is 2.09. The zero-order valence-electron chi connectivity index (χ0n) is 13.0. The zero-order chi connectivity index (χ0) is 15.4. The highest BCUT2D eigenvalue weighted by Crippen LogP contribution is 2.13. The summed E-state index contributed by atoms with van der Waals surface area (Å²) >= 11 is 0. The van der Waals surface area contributed by atoms with Crippen LogP contribution in [0.5, 0.6) is 0 Å². The van der Waals surface area contributed by atoms with Crippen LogP contribution in [-0.4, -0.2) is 80.3 Å². The first-order valence-corrected chi connectivity index (χ1v) is 7.75. The van der Waals surface area contributed by atoms with E-state index in [2.05, 4.69) is 27.3 Å². The number of nitrogens with one attached hydrogen (secondary N) is 1. The predicted octanol–water partition coefficient (Wildman–Crippen LogP) is -0.190. The molecule has 2 aliphatic rings. The summed E-state index contributed by atoms with van der Waals surface area (Å²) in [5, 5.41) is 1.97.